The molecule has 2 aliphatic rings. The Balaban J connectivity index is 1.49. The summed E-state index contributed by atoms with van der Waals surface area (Å²) in [4.78, 5) is 25.5. The third-order valence-electron chi connectivity index (χ3n) is 8.41. The fraction of sp³-hybridized carbons (Fsp3) is 0.556. The number of hydrogen-bond acceptors (Lipinski definition) is 6. The number of rotatable bonds is 15. The molecule has 11 heteroatoms. The van der Waals surface area contributed by atoms with Gasteiger partial charge in [-0.2, -0.15) is 0 Å². The second kappa shape index (κ2) is 16.9. The van der Waals surface area contributed by atoms with Crippen LogP contribution in [0.2, 0.25) is 0 Å². The van der Waals surface area contributed by atoms with Gasteiger partial charge in [-0.15, -0.1) is 0 Å². The van der Waals surface area contributed by atoms with E-state index in [4.69, 9.17) is 14.6 Å². The predicted octanol–water partition coefficient (Wildman–Crippen LogP) is 7.22. The molecule has 3 rings (SSSR count). The molecule has 3 amide bonds. The highest BCUT2D eigenvalue weighted by atomic mass is 19.3. The van der Waals surface area contributed by atoms with Gasteiger partial charge >= 0.3 is 12.1 Å². The Hall–Kier alpha value is -3.70. The van der Waals surface area contributed by atoms with Crippen molar-refractivity contribution in [3.8, 4) is 11.5 Å². The van der Waals surface area contributed by atoms with Crippen molar-refractivity contribution in [2.75, 3.05) is 13.2 Å². The van der Waals surface area contributed by atoms with Gasteiger partial charge in [-0.05, 0) is 122 Å². The summed E-state index contributed by atoms with van der Waals surface area (Å²) in [5, 5.41) is 22.9. The molecule has 1 aromatic rings. The highest BCUT2D eigenvalue weighted by molar-refractivity contribution is 5.79. The Labute approximate surface area is 277 Å². The number of aliphatic hydroxyl groups is 2. The number of allylic oxidation sites excluding steroid dienone is 6. The summed E-state index contributed by atoms with van der Waals surface area (Å²) < 4.78 is 39.9. The van der Waals surface area contributed by atoms with Crippen LogP contribution in [0, 0.1) is 6.92 Å². The molecule has 0 aliphatic carbocycles. The van der Waals surface area contributed by atoms with E-state index in [1.54, 1.807) is 12.1 Å². The van der Waals surface area contributed by atoms with Gasteiger partial charge in [0.05, 0.1) is 13.2 Å². The lowest BCUT2D eigenvalue weighted by Gasteiger charge is -2.37. The number of hydrogen-bond donors (Lipinski definition) is 4. The minimum atomic E-state index is -3.72. The van der Waals surface area contributed by atoms with Crippen LogP contribution >= 0.6 is 0 Å². The maximum Gasteiger partial charge on any atom is 0.414 e. The van der Waals surface area contributed by atoms with Crippen LogP contribution in [0.25, 0.3) is 0 Å². The lowest BCUT2D eigenvalue weighted by Crippen LogP contribution is -2.56. The van der Waals surface area contributed by atoms with Crippen molar-refractivity contribution in [1.82, 2.24) is 15.5 Å². The molecule has 4 N–H and O–H groups in total. The first-order chi connectivity index (χ1) is 22.1. The predicted molar refractivity (Wildman–Crippen MR) is 179 cm³/mol. The topological polar surface area (TPSA) is 120 Å². The van der Waals surface area contributed by atoms with Gasteiger partial charge in [0.15, 0.2) is 0 Å². The Kier molecular flexibility index (Phi) is 13.6. The minimum Gasteiger partial charge on any atom is -0.487 e. The van der Waals surface area contributed by atoms with E-state index in [0.717, 1.165) is 74.4 Å². The molecular weight excluding hydrogens is 608 g/mol. The van der Waals surface area contributed by atoms with E-state index >= 15 is 0 Å². The molecule has 9 nitrogen and oxygen atoms in total. The normalized spacial score (nSPS) is 20.6. The number of nitrogens with one attached hydrogen (secondary N) is 2. The molecule has 0 fully saturated rings. The van der Waals surface area contributed by atoms with Crippen LogP contribution in [-0.4, -0.2) is 64.2 Å². The maximum absolute atomic E-state index is 13.9. The van der Waals surface area contributed by atoms with Gasteiger partial charge in [-0.3, -0.25) is 10.2 Å². The van der Waals surface area contributed by atoms with Crippen LogP contribution in [0.5, 0.6) is 11.5 Å². The first-order valence-corrected chi connectivity index (χ1v) is 16.3. The number of urea groups is 1. The summed E-state index contributed by atoms with van der Waals surface area (Å²) in [5.74, 6) is -2.61. The molecule has 260 valence electrons. The van der Waals surface area contributed by atoms with E-state index < -0.39 is 43.5 Å². The molecule has 0 spiro atoms. The molecule has 0 aromatic heterocycles. The fourth-order valence-corrected chi connectivity index (χ4v) is 5.50. The third kappa shape index (κ3) is 11.8. The number of fused-ring (bicyclic) bond motifs is 1. The number of aliphatic hydroxyl groups excluding tert-OH is 2. The SMILES string of the molecule is CC(C)=CCC/C(C)=C/CC/C(C)=C/CCC1(C)CCc2cc(OC(=O)NC3C=CN(CC(F)(F)C(O)CO)C(=O)N3)cc(C)c2O1. The van der Waals surface area contributed by atoms with Crippen molar-refractivity contribution >= 4 is 12.1 Å². The summed E-state index contributed by atoms with van der Waals surface area (Å²) in [5.41, 5.74) is 5.65. The zero-order chi connectivity index (χ0) is 34.8. The van der Waals surface area contributed by atoms with Gasteiger partial charge in [-0.25, -0.2) is 18.4 Å². The molecule has 3 atom stereocenters. The monoisotopic (exact) mass is 659 g/mol. The van der Waals surface area contributed by atoms with Crippen molar-refractivity contribution in [2.45, 2.75) is 117 Å². The van der Waals surface area contributed by atoms with E-state index in [9.17, 15) is 23.5 Å². The first-order valence-electron chi connectivity index (χ1n) is 16.3. The zero-order valence-electron chi connectivity index (χ0n) is 28.5. The Bertz CT molecular complexity index is 1380. The Morgan fingerprint density at radius 3 is 2.47 bits per heavy atom. The number of carbonyl (C=O) groups is 2. The lowest BCUT2D eigenvalue weighted by molar-refractivity contribution is -0.130. The number of nitrogens with zero attached hydrogens (tertiary/aromatic N) is 1. The van der Waals surface area contributed by atoms with Crippen LogP contribution in [0.15, 0.2) is 59.4 Å². The van der Waals surface area contributed by atoms with Crippen molar-refractivity contribution < 1.29 is 38.1 Å². The summed E-state index contributed by atoms with van der Waals surface area (Å²) in [7, 11) is 0. The summed E-state index contributed by atoms with van der Waals surface area (Å²) >= 11 is 0. The molecule has 2 heterocycles. The second-order valence-corrected chi connectivity index (χ2v) is 13.2. The van der Waals surface area contributed by atoms with Gasteiger partial charge < -0.3 is 25.0 Å². The van der Waals surface area contributed by atoms with Crippen molar-refractivity contribution in [3.63, 3.8) is 0 Å². The van der Waals surface area contributed by atoms with Crippen molar-refractivity contribution in [2.24, 2.45) is 0 Å². The highest BCUT2D eigenvalue weighted by Crippen LogP contribution is 2.40. The standard InChI is InChI=1S/C36H51F2N3O6/c1-24(2)10-7-11-25(3)12-8-13-26(4)14-9-17-35(6)18-15-28-21-29(20-27(5)32(28)47-35)46-34(45)40-31-16-19-41(33(44)39-31)23-36(37,38)30(43)22-42/h10,12,14,16,19-21,30-31,42-43H,7-9,11,13,15,17-18,22-23H2,1-6H3,(H,39,44)(H,40,45)/b25-12+,26-14+. The van der Waals surface area contributed by atoms with E-state index in [0.29, 0.717) is 10.6 Å². The second-order valence-electron chi connectivity index (χ2n) is 13.2. The number of aryl methyl sites for hydroxylation is 2. The largest absolute Gasteiger partial charge is 0.487 e. The third-order valence-corrected chi connectivity index (χ3v) is 8.41. The van der Waals surface area contributed by atoms with Crippen molar-refractivity contribution in [1.29, 1.82) is 0 Å². The molecule has 0 saturated carbocycles. The molecule has 0 saturated heterocycles. The molecule has 0 bridgehead atoms. The van der Waals surface area contributed by atoms with Gasteiger partial charge in [0.25, 0.3) is 5.92 Å². The van der Waals surface area contributed by atoms with Crippen LogP contribution < -0.4 is 20.1 Å². The average Bonchev–Trinajstić information content (AvgIpc) is 2.98. The molecule has 1 aromatic carbocycles. The Morgan fingerprint density at radius 1 is 1.17 bits per heavy atom. The van der Waals surface area contributed by atoms with Gasteiger partial charge in [0.2, 0.25) is 0 Å². The smallest absolute Gasteiger partial charge is 0.414 e. The average molecular weight is 660 g/mol. The highest BCUT2D eigenvalue weighted by Gasteiger charge is 2.41. The van der Waals surface area contributed by atoms with Gasteiger partial charge in [-0.1, -0.05) is 34.9 Å². The van der Waals surface area contributed by atoms with Crippen molar-refractivity contribution in [3.05, 3.63) is 70.5 Å². The Morgan fingerprint density at radius 2 is 1.83 bits per heavy atom. The molecular formula is C36H51F2N3O6. The number of alkyl halides is 2. The minimum absolute atomic E-state index is 0.310. The quantitative estimate of drug-likeness (QED) is 0.148. The maximum atomic E-state index is 13.9. The van der Waals surface area contributed by atoms with E-state index in [2.05, 4.69) is 63.5 Å². The van der Waals surface area contributed by atoms with Crippen LogP contribution in [-0.2, 0) is 6.42 Å². The summed E-state index contributed by atoms with van der Waals surface area (Å²) in [6.45, 7) is 10.4. The van der Waals surface area contributed by atoms with Gasteiger partial charge in [0.1, 0.15) is 29.4 Å². The van der Waals surface area contributed by atoms with E-state index in [-0.39, 0.29) is 5.60 Å². The zero-order valence-corrected chi connectivity index (χ0v) is 28.5. The van der Waals surface area contributed by atoms with Crippen LogP contribution in [0.3, 0.4) is 0 Å². The lowest BCUT2D eigenvalue weighted by atomic mass is 9.87. The number of halogens is 2. The molecule has 3 unspecified atom stereocenters. The number of benzene rings is 1. The number of ether oxygens (including phenoxy) is 2. The van der Waals surface area contributed by atoms with Crippen LogP contribution in [0.1, 0.15) is 90.7 Å². The molecule has 0 radical (unpaired) electrons. The molecule has 47 heavy (non-hydrogen) atoms. The van der Waals surface area contributed by atoms with E-state index in [1.807, 2.05) is 6.92 Å². The van der Waals surface area contributed by atoms with E-state index in [1.165, 1.54) is 22.8 Å². The van der Waals surface area contributed by atoms with Gasteiger partial charge in [0, 0.05) is 6.20 Å². The molecule has 2 aliphatic heterocycles. The fourth-order valence-electron chi connectivity index (χ4n) is 5.50. The summed E-state index contributed by atoms with van der Waals surface area (Å²) in [6.07, 6.45) is 12.9. The number of amides is 3. The summed E-state index contributed by atoms with van der Waals surface area (Å²) in [6, 6.07) is 2.58. The number of carbonyl (C=O) groups excluding carboxylic acids is 2. The van der Waals surface area contributed by atoms with Crippen LogP contribution in [0.4, 0.5) is 18.4 Å². The first kappa shape index (κ1) is 37.8.